The van der Waals surface area contributed by atoms with Crippen molar-refractivity contribution in [2.24, 2.45) is 7.05 Å². The summed E-state index contributed by atoms with van der Waals surface area (Å²) in [4.78, 5) is 20.1. The van der Waals surface area contributed by atoms with Crippen molar-refractivity contribution in [2.45, 2.75) is 0 Å². The Morgan fingerprint density at radius 1 is 1.20 bits per heavy atom. The molecule has 0 bridgehead atoms. The minimum Gasteiger partial charge on any atom is -0.334 e. The van der Waals surface area contributed by atoms with Gasteiger partial charge in [-0.3, -0.25) is 9.78 Å². The lowest BCUT2D eigenvalue weighted by Crippen LogP contribution is -2.11. The molecule has 2 aromatic heterocycles. The van der Waals surface area contributed by atoms with E-state index in [0.29, 0.717) is 5.56 Å². The predicted molar refractivity (Wildman–Crippen MR) is 80.2 cm³/mol. The Bertz CT molecular complexity index is 739. The highest BCUT2D eigenvalue weighted by molar-refractivity contribution is 6.04. The molecular weight excluding hydrogens is 276 g/mol. The average molecular weight is 289 g/mol. The third-order valence-electron chi connectivity index (χ3n) is 2.93. The van der Waals surface area contributed by atoms with E-state index in [1.165, 1.54) is 0 Å². The molecule has 3 aromatic rings. The SMILES string of the molecule is Cl.Cn1cnc2cc(NC(=O)c3ccncc3)ccc21. The van der Waals surface area contributed by atoms with Gasteiger partial charge in [-0.25, -0.2) is 4.98 Å². The smallest absolute Gasteiger partial charge is 0.255 e. The first-order valence-electron chi connectivity index (χ1n) is 5.86. The summed E-state index contributed by atoms with van der Waals surface area (Å²) in [5, 5.41) is 2.84. The van der Waals surface area contributed by atoms with Crippen molar-refractivity contribution in [3.63, 3.8) is 0 Å². The van der Waals surface area contributed by atoms with Gasteiger partial charge in [-0.05, 0) is 30.3 Å². The lowest BCUT2D eigenvalue weighted by atomic mass is 10.2. The molecule has 0 saturated carbocycles. The fraction of sp³-hybridized carbons (Fsp3) is 0.0714. The van der Waals surface area contributed by atoms with Crippen LogP contribution in [0.2, 0.25) is 0 Å². The molecule has 0 fully saturated rings. The minimum atomic E-state index is -0.155. The zero-order chi connectivity index (χ0) is 13.2. The first-order valence-corrected chi connectivity index (χ1v) is 5.86. The van der Waals surface area contributed by atoms with E-state index in [1.54, 1.807) is 30.9 Å². The fourth-order valence-electron chi connectivity index (χ4n) is 1.92. The third kappa shape index (κ3) is 2.62. The molecule has 0 aliphatic rings. The molecule has 0 atom stereocenters. The molecule has 5 nitrogen and oxygen atoms in total. The lowest BCUT2D eigenvalue weighted by Gasteiger charge is -2.05. The van der Waals surface area contributed by atoms with Gasteiger partial charge in [0.1, 0.15) is 0 Å². The Morgan fingerprint density at radius 3 is 2.70 bits per heavy atom. The molecule has 2 heterocycles. The molecule has 0 radical (unpaired) electrons. The Kier molecular flexibility index (Phi) is 4.00. The van der Waals surface area contributed by atoms with Crippen LogP contribution < -0.4 is 5.32 Å². The molecule has 0 aliphatic heterocycles. The van der Waals surface area contributed by atoms with Crippen LogP contribution in [0.15, 0.2) is 49.1 Å². The Labute approximate surface area is 122 Å². The normalized spacial score (nSPS) is 10.1. The first-order chi connectivity index (χ1) is 9.24. The predicted octanol–water partition coefficient (Wildman–Crippen LogP) is 2.64. The molecule has 3 rings (SSSR count). The summed E-state index contributed by atoms with van der Waals surface area (Å²) < 4.78 is 1.93. The number of aromatic nitrogens is 3. The van der Waals surface area contributed by atoms with Gasteiger partial charge in [0.15, 0.2) is 0 Å². The topological polar surface area (TPSA) is 59.8 Å². The van der Waals surface area contributed by atoms with Crippen LogP contribution in [0.25, 0.3) is 11.0 Å². The summed E-state index contributed by atoms with van der Waals surface area (Å²) in [6.45, 7) is 0. The van der Waals surface area contributed by atoms with Crippen molar-refractivity contribution in [1.29, 1.82) is 0 Å². The number of nitrogens with one attached hydrogen (secondary N) is 1. The number of nitrogens with zero attached hydrogens (tertiary/aromatic N) is 3. The lowest BCUT2D eigenvalue weighted by molar-refractivity contribution is 0.102. The second-order valence-corrected chi connectivity index (χ2v) is 4.25. The zero-order valence-electron chi connectivity index (χ0n) is 10.8. The van der Waals surface area contributed by atoms with Crippen LogP contribution in [0.5, 0.6) is 0 Å². The molecule has 1 N–H and O–H groups in total. The quantitative estimate of drug-likeness (QED) is 0.788. The Hall–Kier alpha value is -2.40. The molecule has 6 heteroatoms. The fourth-order valence-corrected chi connectivity index (χ4v) is 1.92. The van der Waals surface area contributed by atoms with E-state index in [-0.39, 0.29) is 18.3 Å². The largest absolute Gasteiger partial charge is 0.334 e. The number of pyridine rings is 1. The van der Waals surface area contributed by atoms with Gasteiger partial charge in [0.05, 0.1) is 17.4 Å². The maximum atomic E-state index is 12.0. The molecular formula is C14H13ClN4O. The molecule has 0 saturated heterocycles. The van der Waals surface area contributed by atoms with Crippen molar-refractivity contribution in [1.82, 2.24) is 14.5 Å². The van der Waals surface area contributed by atoms with Crippen LogP contribution in [0, 0.1) is 0 Å². The van der Waals surface area contributed by atoms with Crippen molar-refractivity contribution in [3.05, 3.63) is 54.6 Å². The Morgan fingerprint density at radius 2 is 1.95 bits per heavy atom. The number of aryl methyl sites for hydroxylation is 1. The average Bonchev–Trinajstić information content (AvgIpc) is 2.81. The van der Waals surface area contributed by atoms with Gasteiger partial charge in [-0.1, -0.05) is 0 Å². The zero-order valence-corrected chi connectivity index (χ0v) is 11.6. The second-order valence-electron chi connectivity index (χ2n) is 4.25. The molecule has 0 unspecified atom stereocenters. The van der Waals surface area contributed by atoms with Gasteiger partial charge in [0, 0.05) is 30.7 Å². The van der Waals surface area contributed by atoms with E-state index in [4.69, 9.17) is 0 Å². The van der Waals surface area contributed by atoms with Gasteiger partial charge in [-0.15, -0.1) is 12.4 Å². The van der Waals surface area contributed by atoms with E-state index < -0.39 is 0 Å². The molecule has 0 aliphatic carbocycles. The Balaban J connectivity index is 0.00000147. The summed E-state index contributed by atoms with van der Waals surface area (Å²) in [5.74, 6) is -0.155. The highest BCUT2D eigenvalue weighted by atomic mass is 35.5. The highest BCUT2D eigenvalue weighted by Gasteiger charge is 2.07. The highest BCUT2D eigenvalue weighted by Crippen LogP contribution is 2.17. The molecule has 1 aromatic carbocycles. The van der Waals surface area contributed by atoms with Crippen LogP contribution in [0.4, 0.5) is 5.69 Å². The van der Waals surface area contributed by atoms with Crippen molar-refractivity contribution < 1.29 is 4.79 Å². The maximum absolute atomic E-state index is 12.0. The second kappa shape index (κ2) is 5.71. The molecule has 102 valence electrons. The van der Waals surface area contributed by atoms with Gasteiger partial charge >= 0.3 is 0 Å². The van der Waals surface area contributed by atoms with Crippen LogP contribution in [0.3, 0.4) is 0 Å². The van der Waals surface area contributed by atoms with E-state index in [2.05, 4.69) is 15.3 Å². The number of amides is 1. The standard InChI is InChI=1S/C14H12N4O.ClH/c1-18-9-16-12-8-11(2-3-13(12)18)17-14(19)10-4-6-15-7-5-10;/h2-9H,1H3,(H,17,19);1H. The summed E-state index contributed by atoms with van der Waals surface area (Å²) >= 11 is 0. The van der Waals surface area contributed by atoms with E-state index in [9.17, 15) is 4.79 Å². The van der Waals surface area contributed by atoms with Crippen molar-refractivity contribution >= 4 is 35.0 Å². The van der Waals surface area contributed by atoms with Gasteiger partial charge in [0.2, 0.25) is 0 Å². The summed E-state index contributed by atoms with van der Waals surface area (Å²) in [7, 11) is 1.94. The van der Waals surface area contributed by atoms with Gasteiger partial charge in [0.25, 0.3) is 5.91 Å². The number of fused-ring (bicyclic) bond motifs is 1. The third-order valence-corrected chi connectivity index (χ3v) is 2.93. The first kappa shape index (κ1) is 14.0. The number of hydrogen-bond donors (Lipinski definition) is 1. The number of hydrogen-bond acceptors (Lipinski definition) is 3. The van der Waals surface area contributed by atoms with Gasteiger partial charge in [-0.2, -0.15) is 0 Å². The number of anilines is 1. The van der Waals surface area contributed by atoms with Crippen LogP contribution in [-0.4, -0.2) is 20.4 Å². The molecule has 20 heavy (non-hydrogen) atoms. The van der Waals surface area contributed by atoms with Crippen LogP contribution in [0.1, 0.15) is 10.4 Å². The van der Waals surface area contributed by atoms with E-state index in [1.807, 2.05) is 29.8 Å². The minimum absolute atomic E-state index is 0. The van der Waals surface area contributed by atoms with Crippen LogP contribution in [-0.2, 0) is 7.05 Å². The van der Waals surface area contributed by atoms with Gasteiger partial charge < -0.3 is 9.88 Å². The maximum Gasteiger partial charge on any atom is 0.255 e. The molecule has 1 amide bonds. The number of imidazole rings is 1. The number of carbonyl (C=O) groups excluding carboxylic acids is 1. The number of halogens is 1. The van der Waals surface area contributed by atoms with Crippen molar-refractivity contribution in [3.8, 4) is 0 Å². The number of carbonyl (C=O) groups is 1. The number of benzene rings is 1. The van der Waals surface area contributed by atoms with E-state index >= 15 is 0 Å². The van der Waals surface area contributed by atoms with Crippen molar-refractivity contribution in [2.75, 3.05) is 5.32 Å². The van der Waals surface area contributed by atoms with Crippen LogP contribution >= 0.6 is 12.4 Å². The monoisotopic (exact) mass is 288 g/mol. The van der Waals surface area contributed by atoms with E-state index in [0.717, 1.165) is 16.7 Å². The summed E-state index contributed by atoms with van der Waals surface area (Å²) in [6.07, 6.45) is 4.94. The molecule has 0 spiro atoms. The summed E-state index contributed by atoms with van der Waals surface area (Å²) in [6, 6.07) is 9.01. The summed E-state index contributed by atoms with van der Waals surface area (Å²) in [5.41, 5.74) is 3.20. The number of rotatable bonds is 2.